The predicted octanol–water partition coefficient (Wildman–Crippen LogP) is 6.86. The molecule has 0 saturated heterocycles. The van der Waals surface area contributed by atoms with Crippen molar-refractivity contribution in [3.05, 3.63) is 72.1 Å². The fourth-order valence-electron chi connectivity index (χ4n) is 4.95. The van der Waals surface area contributed by atoms with Gasteiger partial charge in [-0.2, -0.15) is 0 Å². The first-order chi connectivity index (χ1) is 22.3. The largest absolute Gasteiger partial charge is 0.479 e. The molecule has 11 nitrogen and oxygen atoms in total. The molecular formula is C34H49N4O7P. The van der Waals surface area contributed by atoms with Crippen molar-refractivity contribution in [1.29, 1.82) is 0 Å². The number of hydrogen-bond donors (Lipinski definition) is 3. The highest BCUT2D eigenvalue weighted by molar-refractivity contribution is 7.52. The number of carbonyl (C=O) groups excluding carboxylic acids is 1. The molecule has 0 bridgehead atoms. The number of hydrogen-bond acceptors (Lipinski definition) is 7. The molecule has 0 aliphatic carbocycles. The number of unbranched alkanes of at least 4 members (excludes halogenated alkanes) is 9. The molecule has 0 aliphatic rings. The first-order valence-corrected chi connectivity index (χ1v) is 18.2. The number of ether oxygens (including phenoxy) is 1. The van der Waals surface area contributed by atoms with Gasteiger partial charge in [0.15, 0.2) is 6.10 Å². The molecular weight excluding hydrogens is 607 g/mol. The molecule has 2 aromatic carbocycles. The van der Waals surface area contributed by atoms with Crippen molar-refractivity contribution in [2.45, 2.75) is 96.8 Å². The van der Waals surface area contributed by atoms with Crippen LogP contribution in [0.4, 0.5) is 0 Å². The van der Waals surface area contributed by atoms with Crippen molar-refractivity contribution in [1.82, 2.24) is 20.3 Å². The van der Waals surface area contributed by atoms with E-state index in [9.17, 15) is 24.2 Å². The number of benzene rings is 2. The Morgan fingerprint density at radius 3 is 2.17 bits per heavy atom. The molecule has 3 aromatic rings. The van der Waals surface area contributed by atoms with Gasteiger partial charge in [-0.3, -0.25) is 14.0 Å². The summed E-state index contributed by atoms with van der Waals surface area (Å²) in [5.74, 6) is -1.65. The van der Waals surface area contributed by atoms with E-state index in [0.717, 1.165) is 24.0 Å². The Hall–Kier alpha value is -3.37. The minimum atomic E-state index is -4.27. The summed E-state index contributed by atoms with van der Waals surface area (Å²) < 4.78 is 24.8. The van der Waals surface area contributed by atoms with Crippen molar-refractivity contribution in [3.63, 3.8) is 0 Å². The Morgan fingerprint density at radius 1 is 0.891 bits per heavy atom. The van der Waals surface area contributed by atoms with E-state index in [4.69, 9.17) is 9.26 Å². The quantitative estimate of drug-likeness (QED) is 0.0693. The molecule has 2 atom stereocenters. The number of nitrogens with one attached hydrogen (secondary N) is 1. The van der Waals surface area contributed by atoms with E-state index in [0.29, 0.717) is 17.8 Å². The van der Waals surface area contributed by atoms with E-state index < -0.39 is 25.8 Å². The normalized spacial score (nSPS) is 13.3. The number of carbonyl (C=O) groups is 2. The zero-order valence-corrected chi connectivity index (χ0v) is 27.8. The van der Waals surface area contributed by atoms with Gasteiger partial charge in [0.05, 0.1) is 25.6 Å². The van der Waals surface area contributed by atoms with E-state index in [2.05, 4.69) is 22.6 Å². The Balaban J connectivity index is 1.29. The summed E-state index contributed by atoms with van der Waals surface area (Å²) >= 11 is 0. The number of carboxylic acid groups (broad SMARTS) is 1. The van der Waals surface area contributed by atoms with Crippen LogP contribution in [-0.2, 0) is 31.8 Å². The molecule has 1 unspecified atom stereocenters. The van der Waals surface area contributed by atoms with E-state index >= 15 is 0 Å². The SMILES string of the molecule is CCCCCCCCCCCCn1cc(CO[C@H](CP(=O)(O)OCCCNC(=O)c2ccc(-c3ccccc3)cc2)C(=O)O)nn1. The van der Waals surface area contributed by atoms with Crippen LogP contribution in [0.5, 0.6) is 0 Å². The smallest absolute Gasteiger partial charge is 0.333 e. The van der Waals surface area contributed by atoms with Crippen LogP contribution < -0.4 is 5.32 Å². The highest BCUT2D eigenvalue weighted by Gasteiger charge is 2.31. The fraction of sp³-hybridized carbons (Fsp3) is 0.529. The summed E-state index contributed by atoms with van der Waals surface area (Å²) in [5, 5.41) is 20.4. The second-order valence-electron chi connectivity index (χ2n) is 11.5. The molecule has 12 heteroatoms. The van der Waals surface area contributed by atoms with E-state index in [-0.39, 0.29) is 32.1 Å². The topological polar surface area (TPSA) is 153 Å². The number of aliphatic carboxylic acids is 1. The number of nitrogens with zero attached hydrogens (tertiary/aromatic N) is 3. The molecule has 0 aliphatic heterocycles. The minimum absolute atomic E-state index is 0.138. The molecule has 252 valence electrons. The van der Waals surface area contributed by atoms with Gasteiger partial charge in [0, 0.05) is 18.7 Å². The van der Waals surface area contributed by atoms with Crippen LogP contribution in [0.15, 0.2) is 60.8 Å². The molecule has 46 heavy (non-hydrogen) atoms. The van der Waals surface area contributed by atoms with Crippen LogP contribution in [0.2, 0.25) is 0 Å². The predicted molar refractivity (Wildman–Crippen MR) is 178 cm³/mol. The van der Waals surface area contributed by atoms with Crippen molar-refractivity contribution >= 4 is 19.5 Å². The first-order valence-electron chi connectivity index (χ1n) is 16.4. The third-order valence-electron chi connectivity index (χ3n) is 7.59. The van der Waals surface area contributed by atoms with Crippen LogP contribution in [0.1, 0.15) is 93.6 Å². The average molecular weight is 657 g/mol. The molecule has 1 amide bonds. The molecule has 3 rings (SSSR count). The van der Waals surface area contributed by atoms with Crippen molar-refractivity contribution < 1.29 is 33.4 Å². The Morgan fingerprint density at radius 2 is 1.52 bits per heavy atom. The van der Waals surface area contributed by atoms with Crippen LogP contribution in [-0.4, -0.2) is 62.3 Å². The summed E-state index contributed by atoms with van der Waals surface area (Å²) in [6, 6.07) is 17.0. The highest BCUT2D eigenvalue weighted by Crippen LogP contribution is 2.43. The Labute approximate surface area is 272 Å². The van der Waals surface area contributed by atoms with E-state index in [1.165, 1.54) is 51.4 Å². The number of aromatic nitrogens is 3. The lowest BCUT2D eigenvalue weighted by atomic mass is 10.0. The van der Waals surface area contributed by atoms with E-state index in [1.807, 2.05) is 42.5 Å². The van der Waals surface area contributed by atoms with E-state index in [1.54, 1.807) is 23.0 Å². The van der Waals surface area contributed by atoms with Gasteiger partial charge in [-0.25, -0.2) is 4.79 Å². The van der Waals surface area contributed by atoms with Crippen LogP contribution in [0.25, 0.3) is 11.1 Å². The maximum atomic E-state index is 12.6. The minimum Gasteiger partial charge on any atom is -0.479 e. The number of carboxylic acids is 1. The van der Waals surface area contributed by atoms with Crippen molar-refractivity contribution in [2.24, 2.45) is 0 Å². The third-order valence-corrected chi connectivity index (χ3v) is 8.96. The van der Waals surface area contributed by atoms with Crippen LogP contribution in [0.3, 0.4) is 0 Å². The van der Waals surface area contributed by atoms with Gasteiger partial charge in [0.25, 0.3) is 5.91 Å². The fourth-order valence-corrected chi connectivity index (χ4v) is 6.15. The van der Waals surface area contributed by atoms with Crippen LogP contribution in [0, 0.1) is 0 Å². The lowest BCUT2D eigenvalue weighted by Gasteiger charge is -2.17. The molecule has 0 radical (unpaired) electrons. The molecule has 1 aromatic heterocycles. The summed E-state index contributed by atoms with van der Waals surface area (Å²) in [7, 11) is -4.27. The second kappa shape index (κ2) is 20.7. The van der Waals surface area contributed by atoms with Gasteiger partial charge in [-0.1, -0.05) is 112 Å². The van der Waals surface area contributed by atoms with Crippen LogP contribution >= 0.6 is 7.60 Å². The summed E-state index contributed by atoms with van der Waals surface area (Å²) in [6.07, 6.45) is 12.1. The molecule has 0 saturated carbocycles. The molecule has 1 heterocycles. The molecule has 3 N–H and O–H groups in total. The zero-order chi connectivity index (χ0) is 33.0. The Kier molecular flexibility index (Phi) is 16.7. The highest BCUT2D eigenvalue weighted by atomic mass is 31.2. The van der Waals surface area contributed by atoms with Gasteiger partial charge in [-0.05, 0) is 36.1 Å². The number of aryl methyl sites for hydroxylation is 1. The summed E-state index contributed by atoms with van der Waals surface area (Å²) in [6.45, 7) is 2.86. The number of amides is 1. The van der Waals surface area contributed by atoms with Crippen molar-refractivity contribution in [3.8, 4) is 11.1 Å². The molecule has 0 spiro atoms. The average Bonchev–Trinajstić information content (AvgIpc) is 3.51. The lowest BCUT2D eigenvalue weighted by molar-refractivity contribution is -0.149. The van der Waals surface area contributed by atoms with Gasteiger partial charge < -0.3 is 24.6 Å². The maximum absolute atomic E-state index is 12.6. The molecule has 0 fully saturated rings. The summed E-state index contributed by atoms with van der Waals surface area (Å²) in [5.41, 5.74) is 2.99. The third kappa shape index (κ3) is 14.4. The maximum Gasteiger partial charge on any atom is 0.333 e. The van der Waals surface area contributed by atoms with Gasteiger partial charge in [0.2, 0.25) is 0 Å². The van der Waals surface area contributed by atoms with Gasteiger partial charge in [-0.15, -0.1) is 5.10 Å². The number of rotatable bonds is 24. The van der Waals surface area contributed by atoms with Gasteiger partial charge in [0.1, 0.15) is 5.69 Å². The zero-order valence-electron chi connectivity index (χ0n) is 26.9. The van der Waals surface area contributed by atoms with Gasteiger partial charge >= 0.3 is 13.6 Å². The van der Waals surface area contributed by atoms with Crippen molar-refractivity contribution in [2.75, 3.05) is 19.3 Å². The Bertz CT molecular complexity index is 1350. The standard InChI is InChI=1S/C34H49N4O7P/c1-2-3-4-5-6-7-8-9-10-14-23-38-25-31(36-37-38)26-44-32(34(40)41)27-46(42,43)45-24-15-22-35-33(39)30-20-18-29(19-21-30)28-16-12-11-13-17-28/h11-13,16-21,25,32H,2-10,14-15,22-24,26-27H2,1H3,(H,35,39)(H,40,41)(H,42,43)/t32-/m1/s1. The second-order valence-corrected chi connectivity index (χ2v) is 13.4. The monoisotopic (exact) mass is 656 g/mol. The lowest BCUT2D eigenvalue weighted by Crippen LogP contribution is -2.28. The summed E-state index contributed by atoms with van der Waals surface area (Å²) in [4.78, 5) is 34.4. The first kappa shape index (κ1) is 37.1.